The van der Waals surface area contributed by atoms with Gasteiger partial charge in [-0.1, -0.05) is 6.92 Å². The van der Waals surface area contributed by atoms with Crippen LogP contribution in [0.25, 0.3) is 0 Å². The van der Waals surface area contributed by atoms with E-state index in [1.54, 1.807) is 12.0 Å². The quantitative estimate of drug-likeness (QED) is 0.828. The molecule has 2 atom stereocenters. The molecule has 1 saturated carbocycles. The molecule has 114 valence electrons. The van der Waals surface area contributed by atoms with Crippen molar-refractivity contribution in [3.63, 3.8) is 0 Å². The molecule has 1 aliphatic carbocycles. The van der Waals surface area contributed by atoms with Gasteiger partial charge in [-0.2, -0.15) is 0 Å². The average molecular weight is 284 g/mol. The van der Waals surface area contributed by atoms with Gasteiger partial charge < -0.3 is 19.6 Å². The second kappa shape index (κ2) is 6.43. The lowest BCUT2D eigenvalue weighted by Crippen LogP contribution is -2.52. The van der Waals surface area contributed by atoms with E-state index in [9.17, 15) is 9.59 Å². The van der Waals surface area contributed by atoms with Crippen LogP contribution in [0.4, 0.5) is 4.79 Å². The molecule has 6 nitrogen and oxygen atoms in total. The van der Waals surface area contributed by atoms with Crippen molar-refractivity contribution in [2.75, 3.05) is 26.7 Å². The fraction of sp³-hybridized carbons (Fsp3) is 0.857. The zero-order valence-corrected chi connectivity index (χ0v) is 12.2. The molecule has 2 amide bonds. The minimum absolute atomic E-state index is 0.0141. The molecule has 0 radical (unpaired) electrons. The number of nitrogens with zero attached hydrogens (tertiary/aromatic N) is 2. The van der Waals surface area contributed by atoms with Crippen LogP contribution in [0.15, 0.2) is 0 Å². The SMILES string of the molecule is COC1CN(C(=O)N(CCC(=O)O)C2CC2)CCC1C. The predicted molar refractivity (Wildman–Crippen MR) is 73.5 cm³/mol. The Morgan fingerprint density at radius 3 is 2.60 bits per heavy atom. The Balaban J connectivity index is 1.94. The maximum Gasteiger partial charge on any atom is 0.320 e. The largest absolute Gasteiger partial charge is 0.481 e. The van der Waals surface area contributed by atoms with Gasteiger partial charge in [0.25, 0.3) is 0 Å². The summed E-state index contributed by atoms with van der Waals surface area (Å²) in [7, 11) is 1.68. The minimum Gasteiger partial charge on any atom is -0.481 e. The monoisotopic (exact) mass is 284 g/mol. The minimum atomic E-state index is -0.856. The molecule has 1 heterocycles. The first-order chi connectivity index (χ1) is 9.52. The van der Waals surface area contributed by atoms with Gasteiger partial charge >= 0.3 is 12.0 Å². The van der Waals surface area contributed by atoms with Crippen molar-refractivity contribution in [3.8, 4) is 0 Å². The molecule has 0 aromatic heterocycles. The van der Waals surface area contributed by atoms with E-state index in [-0.39, 0.29) is 24.6 Å². The summed E-state index contributed by atoms with van der Waals surface area (Å²) in [5, 5.41) is 8.80. The predicted octanol–water partition coefficient (Wildman–Crippen LogP) is 1.40. The number of likely N-dealkylation sites (tertiary alicyclic amines) is 1. The number of methoxy groups -OCH3 is 1. The molecule has 0 aromatic rings. The molecule has 2 rings (SSSR count). The zero-order valence-electron chi connectivity index (χ0n) is 12.2. The van der Waals surface area contributed by atoms with E-state index in [1.165, 1.54) is 0 Å². The fourth-order valence-electron chi connectivity index (χ4n) is 2.73. The van der Waals surface area contributed by atoms with E-state index in [1.807, 2.05) is 4.90 Å². The number of carbonyl (C=O) groups is 2. The van der Waals surface area contributed by atoms with Gasteiger partial charge in [0, 0.05) is 32.8 Å². The van der Waals surface area contributed by atoms with Crippen molar-refractivity contribution in [3.05, 3.63) is 0 Å². The van der Waals surface area contributed by atoms with Crippen molar-refractivity contribution in [1.29, 1.82) is 0 Å². The smallest absolute Gasteiger partial charge is 0.320 e. The highest BCUT2D eigenvalue weighted by molar-refractivity contribution is 5.76. The van der Waals surface area contributed by atoms with Crippen LogP contribution in [0.5, 0.6) is 0 Å². The molecule has 1 aliphatic heterocycles. The summed E-state index contributed by atoms with van der Waals surface area (Å²) in [5.41, 5.74) is 0. The Hall–Kier alpha value is -1.30. The van der Waals surface area contributed by atoms with E-state index in [4.69, 9.17) is 9.84 Å². The number of ether oxygens (including phenoxy) is 1. The molecule has 1 saturated heterocycles. The fourth-order valence-corrected chi connectivity index (χ4v) is 2.73. The van der Waals surface area contributed by atoms with Crippen molar-refractivity contribution in [2.45, 2.75) is 44.8 Å². The van der Waals surface area contributed by atoms with Gasteiger partial charge in [0.1, 0.15) is 0 Å². The lowest BCUT2D eigenvalue weighted by molar-refractivity contribution is -0.137. The highest BCUT2D eigenvalue weighted by atomic mass is 16.5. The normalized spacial score (nSPS) is 26.4. The molecule has 0 aromatic carbocycles. The molecule has 1 N–H and O–H groups in total. The maximum absolute atomic E-state index is 12.6. The first-order valence-electron chi connectivity index (χ1n) is 7.33. The van der Waals surface area contributed by atoms with Crippen LogP contribution in [0, 0.1) is 5.92 Å². The van der Waals surface area contributed by atoms with Crippen LogP contribution in [-0.4, -0.2) is 65.8 Å². The summed E-state index contributed by atoms with van der Waals surface area (Å²) >= 11 is 0. The van der Waals surface area contributed by atoms with Crippen molar-refractivity contribution in [2.24, 2.45) is 5.92 Å². The maximum atomic E-state index is 12.6. The van der Waals surface area contributed by atoms with Crippen molar-refractivity contribution >= 4 is 12.0 Å². The van der Waals surface area contributed by atoms with Crippen molar-refractivity contribution < 1.29 is 19.4 Å². The Kier molecular flexibility index (Phi) is 4.86. The first-order valence-corrected chi connectivity index (χ1v) is 7.33. The van der Waals surface area contributed by atoms with E-state index in [0.717, 1.165) is 25.8 Å². The topological polar surface area (TPSA) is 70.1 Å². The Morgan fingerprint density at radius 2 is 2.05 bits per heavy atom. The van der Waals surface area contributed by atoms with Gasteiger partial charge in [-0.25, -0.2) is 4.79 Å². The van der Waals surface area contributed by atoms with Crippen LogP contribution >= 0.6 is 0 Å². The van der Waals surface area contributed by atoms with Crippen LogP contribution < -0.4 is 0 Å². The van der Waals surface area contributed by atoms with Crippen LogP contribution in [-0.2, 0) is 9.53 Å². The summed E-state index contributed by atoms with van der Waals surface area (Å²) < 4.78 is 5.43. The molecule has 20 heavy (non-hydrogen) atoms. The number of carboxylic acids is 1. The van der Waals surface area contributed by atoms with Gasteiger partial charge in [-0.3, -0.25) is 4.79 Å². The summed E-state index contributed by atoms with van der Waals surface area (Å²) in [5.74, 6) is -0.400. The number of piperidine rings is 1. The Labute approximate surface area is 119 Å². The van der Waals surface area contributed by atoms with Crippen LogP contribution in [0.2, 0.25) is 0 Å². The zero-order chi connectivity index (χ0) is 14.7. The summed E-state index contributed by atoms with van der Waals surface area (Å²) in [6.07, 6.45) is 3.00. The van der Waals surface area contributed by atoms with E-state index in [2.05, 4.69) is 6.92 Å². The molecule has 2 unspecified atom stereocenters. The molecule has 6 heteroatoms. The summed E-state index contributed by atoms with van der Waals surface area (Å²) in [6.45, 7) is 3.78. The van der Waals surface area contributed by atoms with Gasteiger partial charge in [-0.05, 0) is 25.2 Å². The molecule has 0 spiro atoms. The Morgan fingerprint density at radius 1 is 1.35 bits per heavy atom. The molecule has 2 fully saturated rings. The number of amides is 2. The second-order valence-corrected chi connectivity index (χ2v) is 5.84. The number of aliphatic carboxylic acids is 1. The number of rotatable bonds is 5. The number of carbonyl (C=O) groups excluding carboxylic acids is 1. The lowest BCUT2D eigenvalue weighted by Gasteiger charge is -2.38. The molecule has 0 bridgehead atoms. The van der Waals surface area contributed by atoms with E-state index < -0.39 is 5.97 Å². The van der Waals surface area contributed by atoms with E-state index >= 15 is 0 Å². The summed E-state index contributed by atoms with van der Waals surface area (Å²) in [6, 6.07) is 0.213. The van der Waals surface area contributed by atoms with Crippen LogP contribution in [0.3, 0.4) is 0 Å². The first kappa shape index (κ1) is 15.1. The Bertz CT molecular complexity index is 370. The van der Waals surface area contributed by atoms with Gasteiger partial charge in [0.15, 0.2) is 0 Å². The highest BCUT2D eigenvalue weighted by Crippen LogP contribution is 2.29. The average Bonchev–Trinajstić information content (AvgIpc) is 3.23. The third-order valence-electron chi connectivity index (χ3n) is 4.26. The third-order valence-corrected chi connectivity index (χ3v) is 4.26. The van der Waals surface area contributed by atoms with Gasteiger partial charge in [-0.15, -0.1) is 0 Å². The van der Waals surface area contributed by atoms with Gasteiger partial charge in [0.05, 0.1) is 12.5 Å². The highest BCUT2D eigenvalue weighted by Gasteiger charge is 2.37. The number of carboxylic acid groups (broad SMARTS) is 1. The molecule has 2 aliphatic rings. The van der Waals surface area contributed by atoms with Crippen LogP contribution in [0.1, 0.15) is 32.6 Å². The van der Waals surface area contributed by atoms with Crippen molar-refractivity contribution in [1.82, 2.24) is 9.80 Å². The standard InChI is InChI=1S/C14H24N2O4/c1-10-5-7-15(9-12(10)20-2)14(19)16(11-3-4-11)8-6-13(17)18/h10-12H,3-9H2,1-2H3,(H,17,18). The number of hydrogen-bond acceptors (Lipinski definition) is 3. The molecular weight excluding hydrogens is 260 g/mol. The number of hydrogen-bond donors (Lipinski definition) is 1. The van der Waals surface area contributed by atoms with Gasteiger partial charge in [0.2, 0.25) is 0 Å². The number of urea groups is 1. The second-order valence-electron chi connectivity index (χ2n) is 5.84. The summed E-state index contributed by atoms with van der Waals surface area (Å²) in [4.78, 5) is 26.8. The third kappa shape index (κ3) is 3.62. The molecular formula is C14H24N2O4. The van der Waals surface area contributed by atoms with E-state index in [0.29, 0.717) is 19.0 Å². The lowest BCUT2D eigenvalue weighted by atomic mass is 9.96.